The highest BCUT2D eigenvalue weighted by Crippen LogP contribution is 2.56. The summed E-state index contributed by atoms with van der Waals surface area (Å²) in [7, 11) is -2.03. The van der Waals surface area contributed by atoms with Crippen molar-refractivity contribution in [1.29, 1.82) is 0 Å². The second-order valence-corrected chi connectivity index (χ2v) is 15.3. The molecule has 0 amide bonds. The molecule has 0 spiro atoms. The van der Waals surface area contributed by atoms with Crippen LogP contribution in [-0.4, -0.2) is 18.6 Å². The Morgan fingerprint density at radius 2 is 1.16 bits per heavy atom. The molecule has 218 valence electrons. The molecule has 5 aromatic carbocycles. The predicted molar refractivity (Wildman–Crippen MR) is 187 cm³/mol. The van der Waals surface area contributed by atoms with E-state index in [-0.39, 0.29) is 11.7 Å². The second kappa shape index (κ2) is 13.2. The minimum Gasteiger partial charge on any atom is -0.492 e. The van der Waals surface area contributed by atoms with Gasteiger partial charge in [0.25, 0.3) is 0 Å². The lowest BCUT2D eigenvalue weighted by atomic mass is 9.83. The molecule has 0 bridgehead atoms. The van der Waals surface area contributed by atoms with Gasteiger partial charge in [0.15, 0.2) is 5.78 Å². The van der Waals surface area contributed by atoms with Gasteiger partial charge in [0.2, 0.25) is 0 Å². The highest BCUT2D eigenvalue weighted by atomic mass is 35.5. The molecule has 1 aliphatic carbocycles. The Morgan fingerprint density at radius 3 is 1.68 bits per heavy atom. The lowest BCUT2D eigenvalue weighted by Crippen LogP contribution is -2.36. The van der Waals surface area contributed by atoms with Crippen LogP contribution in [0.25, 0.3) is 5.57 Å². The number of hydrogen-bond acceptors (Lipinski definition) is 2. The fraction of sp³-hybridized carbons (Fsp3) is 0.125. The average Bonchev–Trinajstić information content (AvgIpc) is 3.08. The van der Waals surface area contributed by atoms with Gasteiger partial charge in [-0.15, -0.1) is 0 Å². The number of fused-ring (bicyclic) bond motifs is 1. The Balaban J connectivity index is 1.37. The predicted octanol–water partition coefficient (Wildman–Crippen LogP) is 8.69. The summed E-state index contributed by atoms with van der Waals surface area (Å²) >= 11 is 6.16. The Bertz CT molecular complexity index is 1700. The number of hydrogen-bond donors (Lipinski definition) is 0. The smallest absolute Gasteiger partial charge is 0.193 e. The van der Waals surface area contributed by atoms with E-state index in [1.807, 2.05) is 48.5 Å². The van der Waals surface area contributed by atoms with Gasteiger partial charge >= 0.3 is 0 Å². The van der Waals surface area contributed by atoms with Gasteiger partial charge in [0, 0.05) is 34.1 Å². The van der Waals surface area contributed by atoms with Crippen LogP contribution in [0, 0.1) is 5.92 Å². The van der Waals surface area contributed by atoms with E-state index < -0.39 is 7.26 Å². The Hall–Kier alpha value is -4.23. The van der Waals surface area contributed by atoms with Crippen LogP contribution in [0.5, 0.6) is 0 Å². The fourth-order valence-electron chi connectivity index (χ4n) is 6.21. The van der Waals surface area contributed by atoms with Gasteiger partial charge in [-0.1, -0.05) is 116 Å². The van der Waals surface area contributed by atoms with Crippen molar-refractivity contribution in [1.82, 2.24) is 0 Å². The molecule has 1 unspecified atom stereocenters. The van der Waals surface area contributed by atoms with Crippen molar-refractivity contribution >= 4 is 46.1 Å². The lowest BCUT2D eigenvalue weighted by molar-refractivity contribution is 0.101. The van der Waals surface area contributed by atoms with Crippen molar-refractivity contribution in [2.75, 3.05) is 12.8 Å². The van der Waals surface area contributed by atoms with E-state index in [9.17, 15) is 4.79 Å². The van der Waals surface area contributed by atoms with Crippen molar-refractivity contribution in [3.8, 4) is 0 Å². The molecule has 0 N–H and O–H groups in total. The molecule has 5 aromatic rings. The number of allylic oxidation sites excluding steroid dienone is 2. The summed E-state index contributed by atoms with van der Waals surface area (Å²) in [5, 5.41) is 4.70. The van der Waals surface area contributed by atoms with Crippen molar-refractivity contribution < 1.29 is 9.53 Å². The quantitative estimate of drug-likeness (QED) is 0.147. The first-order valence-corrected chi connectivity index (χ1v) is 17.3. The molecule has 4 heteroatoms. The maximum Gasteiger partial charge on any atom is 0.193 e. The minimum atomic E-state index is -2.03. The number of ketones is 1. The summed E-state index contributed by atoms with van der Waals surface area (Å²) in [6, 6.07) is 48.0. The molecule has 0 fully saturated rings. The summed E-state index contributed by atoms with van der Waals surface area (Å²) in [6.45, 7) is 7.14. The van der Waals surface area contributed by atoms with E-state index in [0.29, 0.717) is 34.9 Å². The van der Waals surface area contributed by atoms with Crippen LogP contribution in [0.15, 0.2) is 157 Å². The number of rotatable bonds is 10. The van der Waals surface area contributed by atoms with Gasteiger partial charge in [0.1, 0.15) is 28.9 Å². The highest BCUT2D eigenvalue weighted by Gasteiger charge is 2.46. The SMILES string of the molecule is C=C1C(OCC(C)C[P+](c2ccccc2)(c2ccccc2)c2ccccc2)=C(Cc2ccc(Cl)cc2)C(=O)c2ccccc21. The monoisotopic (exact) mass is 613 g/mol. The van der Waals surface area contributed by atoms with Gasteiger partial charge in [-0.3, -0.25) is 4.79 Å². The first-order chi connectivity index (χ1) is 21.5. The van der Waals surface area contributed by atoms with E-state index in [1.54, 1.807) is 0 Å². The largest absolute Gasteiger partial charge is 0.492 e. The zero-order valence-electron chi connectivity index (χ0n) is 24.8. The topological polar surface area (TPSA) is 26.3 Å². The van der Waals surface area contributed by atoms with Crippen LogP contribution in [0.4, 0.5) is 0 Å². The van der Waals surface area contributed by atoms with Crippen molar-refractivity contribution in [3.63, 3.8) is 0 Å². The van der Waals surface area contributed by atoms with E-state index in [4.69, 9.17) is 16.3 Å². The number of carbonyl (C=O) groups is 1. The maximum atomic E-state index is 13.9. The summed E-state index contributed by atoms with van der Waals surface area (Å²) < 4.78 is 6.70. The second-order valence-electron chi connectivity index (χ2n) is 11.4. The first-order valence-electron chi connectivity index (χ1n) is 15.0. The lowest BCUT2D eigenvalue weighted by Gasteiger charge is -2.31. The fourth-order valence-corrected chi connectivity index (χ4v) is 10.9. The molecule has 2 nitrogen and oxygen atoms in total. The molecule has 44 heavy (non-hydrogen) atoms. The number of ether oxygens (including phenoxy) is 1. The average molecular weight is 614 g/mol. The van der Waals surface area contributed by atoms with Crippen LogP contribution in [0.1, 0.15) is 28.4 Å². The van der Waals surface area contributed by atoms with Crippen LogP contribution in [0.2, 0.25) is 5.02 Å². The van der Waals surface area contributed by atoms with E-state index in [1.165, 1.54) is 15.9 Å². The van der Waals surface area contributed by atoms with Crippen molar-refractivity contribution in [2.45, 2.75) is 13.3 Å². The maximum absolute atomic E-state index is 13.9. The number of halogens is 1. The Morgan fingerprint density at radius 1 is 0.682 bits per heavy atom. The summed E-state index contributed by atoms with van der Waals surface area (Å²) in [5.41, 5.74) is 3.90. The summed E-state index contributed by atoms with van der Waals surface area (Å²) in [5.74, 6) is 0.761. The molecule has 0 saturated heterocycles. The third-order valence-electron chi connectivity index (χ3n) is 8.30. The molecule has 0 aromatic heterocycles. The molecule has 0 aliphatic heterocycles. The zero-order chi connectivity index (χ0) is 30.5. The Kier molecular flexibility index (Phi) is 8.94. The minimum absolute atomic E-state index is 0.00898. The van der Waals surface area contributed by atoms with E-state index in [2.05, 4.69) is 104 Å². The first kappa shape index (κ1) is 29.8. The third kappa shape index (κ3) is 5.93. The van der Waals surface area contributed by atoms with E-state index in [0.717, 1.165) is 22.9 Å². The highest BCUT2D eigenvalue weighted by molar-refractivity contribution is 7.95. The molecule has 0 radical (unpaired) electrons. The number of benzene rings is 5. The molecule has 0 heterocycles. The molecule has 1 aliphatic rings. The summed E-state index contributed by atoms with van der Waals surface area (Å²) in [6.07, 6.45) is 1.36. The molecule has 0 saturated carbocycles. The van der Waals surface area contributed by atoms with Crippen molar-refractivity contribution in [2.24, 2.45) is 5.92 Å². The van der Waals surface area contributed by atoms with Gasteiger partial charge in [-0.05, 0) is 59.7 Å². The molecule has 6 rings (SSSR count). The van der Waals surface area contributed by atoms with Gasteiger partial charge in [-0.25, -0.2) is 0 Å². The normalized spacial score (nSPS) is 13.9. The van der Waals surface area contributed by atoms with Crippen LogP contribution >= 0.6 is 18.9 Å². The zero-order valence-corrected chi connectivity index (χ0v) is 26.5. The van der Waals surface area contributed by atoms with Crippen molar-refractivity contribution in [3.05, 3.63) is 179 Å². The molecular formula is C40H35ClO2P+. The van der Waals surface area contributed by atoms with Crippen LogP contribution < -0.4 is 15.9 Å². The van der Waals surface area contributed by atoms with Gasteiger partial charge in [-0.2, -0.15) is 0 Å². The number of carbonyl (C=O) groups excluding carboxylic acids is 1. The number of Topliss-reactive ketones (excluding diaryl/α,β-unsaturated/α-hetero) is 1. The molecule has 1 atom stereocenters. The van der Waals surface area contributed by atoms with Gasteiger partial charge in [0.05, 0.1) is 12.8 Å². The summed E-state index contributed by atoms with van der Waals surface area (Å²) in [4.78, 5) is 13.9. The Labute approximate surface area is 266 Å². The van der Waals surface area contributed by atoms with Gasteiger partial charge < -0.3 is 4.74 Å². The molecular weight excluding hydrogens is 579 g/mol. The van der Waals surface area contributed by atoms with E-state index >= 15 is 0 Å². The standard InChI is InChI=1S/C40H35ClO2P/c1-29(28-44(33-14-6-3-7-15-33,34-16-8-4-9-17-34)35-18-10-5-11-19-35)27-43-40-30(2)36-20-12-13-21-37(36)39(42)38(40)26-31-22-24-32(41)25-23-31/h3-25,29H,2,26-28H2,1H3/q+1. The van der Waals surface area contributed by atoms with Crippen LogP contribution in [0.3, 0.4) is 0 Å². The third-order valence-corrected chi connectivity index (χ3v) is 13.3. The van der Waals surface area contributed by atoms with Crippen LogP contribution in [-0.2, 0) is 11.2 Å².